The van der Waals surface area contributed by atoms with Crippen molar-refractivity contribution >= 4 is 54.9 Å². The zero-order chi connectivity index (χ0) is 18.7. The Morgan fingerprint density at radius 3 is 2.69 bits per heavy atom. The summed E-state index contributed by atoms with van der Waals surface area (Å²) in [5.74, 6) is -0.167. The van der Waals surface area contributed by atoms with E-state index in [1.807, 2.05) is 19.1 Å². The van der Waals surface area contributed by atoms with E-state index in [1.165, 1.54) is 18.4 Å². The van der Waals surface area contributed by atoms with Gasteiger partial charge in [-0.25, -0.2) is 4.79 Å². The van der Waals surface area contributed by atoms with Crippen molar-refractivity contribution in [3.8, 4) is 5.75 Å². The molecule has 5 nitrogen and oxygen atoms in total. The van der Waals surface area contributed by atoms with Crippen molar-refractivity contribution < 1.29 is 19.1 Å². The Morgan fingerprint density at radius 1 is 1.19 bits per heavy atom. The summed E-state index contributed by atoms with van der Waals surface area (Å²) in [6.07, 6.45) is 0. The summed E-state index contributed by atoms with van der Waals surface area (Å²) in [6.45, 7) is 2.27. The van der Waals surface area contributed by atoms with Gasteiger partial charge in [0.1, 0.15) is 0 Å². The van der Waals surface area contributed by atoms with E-state index < -0.39 is 5.97 Å². The van der Waals surface area contributed by atoms with Gasteiger partial charge in [-0.3, -0.25) is 4.79 Å². The molecule has 0 spiro atoms. The third-order valence-corrected chi connectivity index (χ3v) is 5.27. The molecule has 26 heavy (non-hydrogen) atoms. The second-order valence-electron chi connectivity index (χ2n) is 5.36. The highest BCUT2D eigenvalue weighted by molar-refractivity contribution is 9.10. The van der Waals surface area contributed by atoms with Crippen molar-refractivity contribution in [3.63, 3.8) is 0 Å². The molecule has 7 heteroatoms. The van der Waals surface area contributed by atoms with Crippen LogP contribution in [0.1, 0.15) is 27.0 Å². The largest absolute Gasteiger partial charge is 0.491 e. The Balaban J connectivity index is 1.96. The summed E-state index contributed by atoms with van der Waals surface area (Å²) in [7, 11) is 1.34. The molecule has 3 aromatic rings. The van der Waals surface area contributed by atoms with Crippen molar-refractivity contribution in [1.29, 1.82) is 0 Å². The second kappa shape index (κ2) is 7.88. The molecule has 1 amide bonds. The number of thiophene rings is 1. The Labute approximate surface area is 163 Å². The number of esters is 1. The molecule has 134 valence electrons. The van der Waals surface area contributed by atoms with Crippen molar-refractivity contribution in [2.45, 2.75) is 6.92 Å². The summed E-state index contributed by atoms with van der Waals surface area (Å²) in [4.78, 5) is 24.8. The maximum absolute atomic E-state index is 12.4. The molecule has 0 aliphatic carbocycles. The first kappa shape index (κ1) is 18.4. The molecule has 0 atom stereocenters. The standard InChI is InChI=1S/C19H16BrNO4S/c1-3-25-16-14-10-13(7-8-15(14)26-17(16)19(23)24-2)21-18(22)11-5-4-6-12(20)9-11/h4-10H,3H2,1-2H3,(H,21,22). The molecule has 0 fully saturated rings. The summed E-state index contributed by atoms with van der Waals surface area (Å²) in [5, 5.41) is 3.64. The van der Waals surface area contributed by atoms with E-state index in [-0.39, 0.29) is 5.91 Å². The number of amides is 1. The number of methoxy groups -OCH3 is 1. The van der Waals surface area contributed by atoms with Gasteiger partial charge in [-0.05, 0) is 43.3 Å². The quantitative estimate of drug-likeness (QED) is 0.568. The fraction of sp³-hybridized carbons (Fsp3) is 0.158. The number of rotatable bonds is 5. The molecule has 0 unspecified atom stereocenters. The van der Waals surface area contributed by atoms with Crippen LogP contribution < -0.4 is 10.1 Å². The van der Waals surface area contributed by atoms with Gasteiger partial charge in [0.2, 0.25) is 0 Å². The normalized spacial score (nSPS) is 10.6. The average molecular weight is 434 g/mol. The van der Waals surface area contributed by atoms with Crippen LogP contribution in [-0.4, -0.2) is 25.6 Å². The lowest BCUT2D eigenvalue weighted by molar-refractivity contribution is 0.0602. The highest BCUT2D eigenvalue weighted by Crippen LogP contribution is 2.39. The molecule has 0 bridgehead atoms. The van der Waals surface area contributed by atoms with Crippen molar-refractivity contribution in [3.05, 3.63) is 57.4 Å². The molecule has 1 aromatic heterocycles. The maximum Gasteiger partial charge on any atom is 0.351 e. The maximum atomic E-state index is 12.4. The summed E-state index contributed by atoms with van der Waals surface area (Å²) in [5.41, 5.74) is 1.17. The molecular formula is C19H16BrNO4S. The van der Waals surface area contributed by atoms with Crippen LogP contribution in [0.15, 0.2) is 46.9 Å². The molecule has 0 saturated carbocycles. The summed E-state index contributed by atoms with van der Waals surface area (Å²) in [6, 6.07) is 12.6. The van der Waals surface area contributed by atoms with Crippen LogP contribution in [0.4, 0.5) is 5.69 Å². The smallest absolute Gasteiger partial charge is 0.351 e. The molecule has 3 rings (SSSR count). The van der Waals surface area contributed by atoms with Crippen LogP contribution in [0, 0.1) is 0 Å². The SMILES string of the molecule is CCOc1c(C(=O)OC)sc2ccc(NC(=O)c3cccc(Br)c3)cc12. The van der Waals surface area contributed by atoms with Crippen LogP contribution in [0.5, 0.6) is 5.75 Å². The molecule has 1 N–H and O–H groups in total. The van der Waals surface area contributed by atoms with Gasteiger partial charge in [-0.2, -0.15) is 0 Å². The Morgan fingerprint density at radius 2 is 2.00 bits per heavy atom. The predicted molar refractivity (Wildman–Crippen MR) is 106 cm³/mol. The van der Waals surface area contributed by atoms with Gasteiger partial charge in [0, 0.05) is 25.8 Å². The Kier molecular flexibility index (Phi) is 5.58. The number of fused-ring (bicyclic) bond motifs is 1. The number of benzene rings is 2. The third kappa shape index (κ3) is 3.73. The van der Waals surface area contributed by atoms with E-state index in [0.717, 1.165) is 14.6 Å². The predicted octanol–water partition coefficient (Wildman–Crippen LogP) is 5.10. The van der Waals surface area contributed by atoms with E-state index in [0.29, 0.717) is 28.5 Å². The van der Waals surface area contributed by atoms with Crippen molar-refractivity contribution in [2.75, 3.05) is 19.0 Å². The van der Waals surface area contributed by atoms with Crippen LogP contribution in [0.25, 0.3) is 10.1 Å². The molecule has 0 aliphatic rings. The summed E-state index contributed by atoms with van der Waals surface area (Å²) >= 11 is 4.66. The lowest BCUT2D eigenvalue weighted by atomic mass is 10.2. The lowest BCUT2D eigenvalue weighted by Gasteiger charge is -2.07. The number of carbonyl (C=O) groups is 2. The van der Waals surface area contributed by atoms with Crippen molar-refractivity contribution in [1.82, 2.24) is 0 Å². The van der Waals surface area contributed by atoms with Gasteiger partial charge < -0.3 is 14.8 Å². The highest BCUT2D eigenvalue weighted by atomic mass is 79.9. The minimum Gasteiger partial charge on any atom is -0.491 e. The van der Waals surface area contributed by atoms with Crippen molar-refractivity contribution in [2.24, 2.45) is 0 Å². The van der Waals surface area contributed by atoms with Crippen LogP contribution in [-0.2, 0) is 4.74 Å². The van der Waals surface area contributed by atoms with Crippen LogP contribution >= 0.6 is 27.3 Å². The zero-order valence-electron chi connectivity index (χ0n) is 14.2. The minimum atomic E-state index is -0.436. The Bertz CT molecular complexity index is 983. The number of anilines is 1. The summed E-state index contributed by atoms with van der Waals surface area (Å²) < 4.78 is 12.2. The third-order valence-electron chi connectivity index (χ3n) is 3.65. The van der Waals surface area contributed by atoms with Gasteiger partial charge in [0.25, 0.3) is 5.91 Å². The highest BCUT2D eigenvalue weighted by Gasteiger charge is 2.21. The number of halogens is 1. The minimum absolute atomic E-state index is 0.216. The molecule has 0 aliphatic heterocycles. The monoisotopic (exact) mass is 433 g/mol. The first-order chi connectivity index (χ1) is 12.5. The van der Waals surface area contributed by atoms with E-state index in [1.54, 1.807) is 30.3 Å². The van der Waals surface area contributed by atoms with E-state index in [9.17, 15) is 9.59 Å². The number of nitrogens with one attached hydrogen (secondary N) is 1. The van der Waals surface area contributed by atoms with Gasteiger partial charge in [0.15, 0.2) is 10.6 Å². The van der Waals surface area contributed by atoms with E-state index >= 15 is 0 Å². The molecule has 1 heterocycles. The number of ether oxygens (including phenoxy) is 2. The average Bonchev–Trinajstić information content (AvgIpc) is 2.99. The molecule has 0 radical (unpaired) electrons. The van der Waals surface area contributed by atoms with E-state index in [2.05, 4.69) is 21.2 Å². The number of hydrogen-bond acceptors (Lipinski definition) is 5. The lowest BCUT2D eigenvalue weighted by Crippen LogP contribution is -2.11. The molecule has 0 saturated heterocycles. The van der Waals surface area contributed by atoms with Crippen LogP contribution in [0.3, 0.4) is 0 Å². The van der Waals surface area contributed by atoms with Gasteiger partial charge in [0.05, 0.1) is 13.7 Å². The first-order valence-corrected chi connectivity index (χ1v) is 9.49. The number of carbonyl (C=O) groups excluding carboxylic acids is 2. The fourth-order valence-electron chi connectivity index (χ4n) is 2.50. The molecule has 2 aromatic carbocycles. The van der Waals surface area contributed by atoms with E-state index in [4.69, 9.17) is 9.47 Å². The molecular weight excluding hydrogens is 418 g/mol. The first-order valence-electron chi connectivity index (χ1n) is 7.88. The van der Waals surface area contributed by atoms with Gasteiger partial charge in [-0.15, -0.1) is 11.3 Å². The zero-order valence-corrected chi connectivity index (χ0v) is 16.6. The van der Waals surface area contributed by atoms with Gasteiger partial charge in [-0.1, -0.05) is 22.0 Å². The fourth-order valence-corrected chi connectivity index (χ4v) is 3.95. The van der Waals surface area contributed by atoms with Gasteiger partial charge >= 0.3 is 5.97 Å². The number of hydrogen-bond donors (Lipinski definition) is 1. The Hall–Kier alpha value is -2.38. The van der Waals surface area contributed by atoms with Crippen LogP contribution in [0.2, 0.25) is 0 Å². The second-order valence-corrected chi connectivity index (χ2v) is 7.33. The topological polar surface area (TPSA) is 64.6 Å².